The van der Waals surface area contributed by atoms with Crippen LogP contribution in [0, 0.1) is 0 Å². The third kappa shape index (κ3) is 4.40. The highest BCUT2D eigenvalue weighted by Crippen LogP contribution is 2.43. The molecule has 1 amide bonds. The van der Waals surface area contributed by atoms with E-state index >= 15 is 0 Å². The summed E-state index contributed by atoms with van der Waals surface area (Å²) in [5.74, 6) is -1.47. The standard InChI is InChI=1S/C32H28N2O5/c1-38-32(37)25-18-34-26(27-23-13-7-5-11-21(23)15-16-22-12-6-8-14-24(22)27)17-33-31(36)28(34)30(29(25)35)39-19-20-9-3-2-4-10-20/h2-14,18,26-27H,15-17,19H2,1H3,(H,33,36). The first-order valence-corrected chi connectivity index (χ1v) is 13.0. The fourth-order valence-electron chi connectivity index (χ4n) is 5.85. The third-order valence-corrected chi connectivity index (χ3v) is 7.70. The number of amides is 1. The second kappa shape index (κ2) is 10.3. The number of aromatic nitrogens is 1. The van der Waals surface area contributed by atoms with E-state index in [0.717, 1.165) is 18.4 Å². The number of fused-ring (bicyclic) bond motifs is 3. The van der Waals surface area contributed by atoms with Gasteiger partial charge in [0.15, 0.2) is 11.4 Å². The van der Waals surface area contributed by atoms with Crippen molar-refractivity contribution in [1.82, 2.24) is 9.88 Å². The molecule has 0 saturated carbocycles. The zero-order valence-corrected chi connectivity index (χ0v) is 21.6. The molecule has 39 heavy (non-hydrogen) atoms. The van der Waals surface area contributed by atoms with Crippen LogP contribution in [0.2, 0.25) is 0 Å². The number of rotatable bonds is 5. The Morgan fingerprint density at radius 3 is 2.15 bits per heavy atom. The molecule has 3 aromatic carbocycles. The van der Waals surface area contributed by atoms with E-state index in [0.29, 0.717) is 6.54 Å². The number of esters is 1. The summed E-state index contributed by atoms with van der Waals surface area (Å²) < 4.78 is 12.7. The monoisotopic (exact) mass is 520 g/mol. The Bertz CT molecular complexity index is 1580. The largest absolute Gasteiger partial charge is 0.483 e. The molecule has 2 aliphatic rings. The average Bonchev–Trinajstić information content (AvgIpc) is 3.14. The molecule has 0 radical (unpaired) electrons. The Morgan fingerprint density at radius 2 is 1.51 bits per heavy atom. The summed E-state index contributed by atoms with van der Waals surface area (Å²) in [6, 6.07) is 25.8. The van der Waals surface area contributed by atoms with Crippen molar-refractivity contribution in [2.45, 2.75) is 31.4 Å². The SMILES string of the molecule is COC(=O)c1cn2c(c(OCc3ccccc3)c1=O)C(=O)NCC2C1c2ccccc2CCc2ccccc21. The Kier molecular flexibility index (Phi) is 6.49. The summed E-state index contributed by atoms with van der Waals surface area (Å²) in [6.07, 6.45) is 3.27. The van der Waals surface area contributed by atoms with Crippen molar-refractivity contribution in [1.29, 1.82) is 0 Å². The molecule has 1 aliphatic heterocycles. The summed E-state index contributed by atoms with van der Waals surface area (Å²) in [6.45, 7) is 0.390. The first-order valence-electron chi connectivity index (χ1n) is 13.0. The van der Waals surface area contributed by atoms with Crippen LogP contribution in [0.3, 0.4) is 0 Å². The number of ether oxygens (including phenoxy) is 2. The number of carbonyl (C=O) groups is 2. The fourth-order valence-corrected chi connectivity index (χ4v) is 5.85. The van der Waals surface area contributed by atoms with Gasteiger partial charge in [-0.15, -0.1) is 0 Å². The molecule has 0 spiro atoms. The molecule has 1 atom stereocenters. The molecule has 0 bridgehead atoms. The Morgan fingerprint density at radius 1 is 0.897 bits per heavy atom. The van der Waals surface area contributed by atoms with Crippen LogP contribution in [0.1, 0.15) is 60.6 Å². The number of nitrogens with zero attached hydrogens (tertiary/aromatic N) is 1. The number of hydrogen-bond acceptors (Lipinski definition) is 5. The van der Waals surface area contributed by atoms with Gasteiger partial charge in [-0.3, -0.25) is 9.59 Å². The molecule has 7 nitrogen and oxygen atoms in total. The molecule has 0 saturated heterocycles. The lowest BCUT2D eigenvalue weighted by Gasteiger charge is -2.36. The molecule has 0 fully saturated rings. The first-order chi connectivity index (χ1) is 19.1. The minimum Gasteiger partial charge on any atom is -0.483 e. The molecule has 1 aromatic heterocycles. The first kappa shape index (κ1) is 24.7. The minimum absolute atomic E-state index is 0.0702. The number of methoxy groups -OCH3 is 1. The van der Waals surface area contributed by atoms with Crippen LogP contribution in [-0.2, 0) is 24.2 Å². The van der Waals surface area contributed by atoms with Crippen LogP contribution >= 0.6 is 0 Å². The number of hydrogen-bond donors (Lipinski definition) is 1. The van der Waals surface area contributed by atoms with Gasteiger partial charge in [0.25, 0.3) is 5.91 Å². The normalized spacial score (nSPS) is 16.2. The molecule has 1 aliphatic carbocycles. The van der Waals surface area contributed by atoms with Gasteiger partial charge in [-0.1, -0.05) is 78.9 Å². The Hall–Kier alpha value is -4.65. The topological polar surface area (TPSA) is 86.6 Å². The highest BCUT2D eigenvalue weighted by Gasteiger charge is 2.39. The van der Waals surface area contributed by atoms with Crippen molar-refractivity contribution >= 4 is 11.9 Å². The van der Waals surface area contributed by atoms with Crippen molar-refractivity contribution < 1.29 is 19.1 Å². The number of benzene rings is 3. The quantitative estimate of drug-likeness (QED) is 0.394. The van der Waals surface area contributed by atoms with E-state index < -0.39 is 17.3 Å². The van der Waals surface area contributed by atoms with Gasteiger partial charge in [0.05, 0.1) is 13.2 Å². The molecule has 1 unspecified atom stereocenters. The van der Waals surface area contributed by atoms with E-state index in [1.54, 1.807) is 4.57 Å². The summed E-state index contributed by atoms with van der Waals surface area (Å²) in [7, 11) is 1.23. The summed E-state index contributed by atoms with van der Waals surface area (Å²) in [4.78, 5) is 39.6. The Labute approximate surface area is 226 Å². The smallest absolute Gasteiger partial charge is 0.343 e. The molecule has 4 aromatic rings. The van der Waals surface area contributed by atoms with Gasteiger partial charge in [0.1, 0.15) is 12.2 Å². The molecule has 7 heteroatoms. The van der Waals surface area contributed by atoms with Crippen molar-refractivity contribution in [3.8, 4) is 5.75 Å². The van der Waals surface area contributed by atoms with Crippen LogP contribution in [0.4, 0.5) is 0 Å². The predicted molar refractivity (Wildman–Crippen MR) is 146 cm³/mol. The lowest BCUT2D eigenvalue weighted by Crippen LogP contribution is -2.44. The van der Waals surface area contributed by atoms with E-state index in [-0.39, 0.29) is 35.6 Å². The lowest BCUT2D eigenvalue weighted by atomic mass is 9.81. The van der Waals surface area contributed by atoms with Gasteiger partial charge in [-0.25, -0.2) is 4.79 Å². The lowest BCUT2D eigenvalue weighted by molar-refractivity contribution is 0.0595. The van der Waals surface area contributed by atoms with Crippen LogP contribution in [-0.4, -0.2) is 30.1 Å². The van der Waals surface area contributed by atoms with E-state index in [1.807, 2.05) is 54.6 Å². The molecular weight excluding hydrogens is 492 g/mol. The van der Waals surface area contributed by atoms with Crippen LogP contribution < -0.4 is 15.5 Å². The zero-order chi connectivity index (χ0) is 26.9. The Balaban J connectivity index is 1.56. The van der Waals surface area contributed by atoms with E-state index in [4.69, 9.17) is 9.47 Å². The van der Waals surface area contributed by atoms with Crippen molar-refractivity contribution in [3.63, 3.8) is 0 Å². The van der Waals surface area contributed by atoms with Crippen molar-refractivity contribution in [3.05, 3.63) is 134 Å². The molecular formula is C32H28N2O5. The van der Waals surface area contributed by atoms with Gasteiger partial charge < -0.3 is 19.4 Å². The number of aryl methyl sites for hydroxylation is 2. The van der Waals surface area contributed by atoms with Gasteiger partial charge in [-0.2, -0.15) is 0 Å². The maximum atomic E-state index is 13.5. The summed E-state index contributed by atoms with van der Waals surface area (Å²) >= 11 is 0. The fraction of sp³-hybridized carbons (Fsp3) is 0.219. The maximum Gasteiger partial charge on any atom is 0.343 e. The van der Waals surface area contributed by atoms with Crippen molar-refractivity contribution in [2.75, 3.05) is 13.7 Å². The molecule has 2 heterocycles. The maximum absolute atomic E-state index is 13.5. The van der Waals surface area contributed by atoms with Crippen LogP contribution in [0.15, 0.2) is 89.9 Å². The number of carbonyl (C=O) groups excluding carboxylic acids is 2. The van der Waals surface area contributed by atoms with Gasteiger partial charge in [0, 0.05) is 18.7 Å². The van der Waals surface area contributed by atoms with Crippen molar-refractivity contribution in [2.24, 2.45) is 0 Å². The van der Waals surface area contributed by atoms with E-state index in [9.17, 15) is 14.4 Å². The van der Waals surface area contributed by atoms with Crippen LogP contribution in [0.5, 0.6) is 5.75 Å². The number of pyridine rings is 1. The molecule has 6 rings (SSSR count). The average molecular weight is 521 g/mol. The van der Waals surface area contributed by atoms with E-state index in [1.165, 1.54) is 35.6 Å². The predicted octanol–water partition coefficient (Wildman–Crippen LogP) is 4.43. The van der Waals surface area contributed by atoms with Gasteiger partial charge >= 0.3 is 5.97 Å². The number of nitrogens with one attached hydrogen (secondary N) is 1. The summed E-state index contributed by atoms with van der Waals surface area (Å²) in [5, 5.41) is 3.00. The van der Waals surface area contributed by atoms with Crippen LogP contribution in [0.25, 0.3) is 0 Å². The molecule has 1 N–H and O–H groups in total. The highest BCUT2D eigenvalue weighted by molar-refractivity contribution is 5.98. The second-order valence-corrected chi connectivity index (χ2v) is 9.88. The van der Waals surface area contributed by atoms with Gasteiger partial charge in [0.2, 0.25) is 5.43 Å². The second-order valence-electron chi connectivity index (χ2n) is 9.88. The molecule has 196 valence electrons. The third-order valence-electron chi connectivity index (χ3n) is 7.70. The minimum atomic E-state index is -0.772. The zero-order valence-electron chi connectivity index (χ0n) is 21.6. The van der Waals surface area contributed by atoms with Gasteiger partial charge in [-0.05, 0) is 40.7 Å². The summed E-state index contributed by atoms with van der Waals surface area (Å²) in [5.41, 5.74) is 4.93. The van der Waals surface area contributed by atoms with E-state index in [2.05, 4.69) is 29.6 Å². The highest BCUT2D eigenvalue weighted by atomic mass is 16.5.